The van der Waals surface area contributed by atoms with E-state index in [0.29, 0.717) is 24.5 Å². The quantitative estimate of drug-likeness (QED) is 0.825. The predicted octanol–water partition coefficient (Wildman–Crippen LogP) is 1.54. The summed E-state index contributed by atoms with van der Waals surface area (Å²) in [6.45, 7) is 2.92. The Kier molecular flexibility index (Phi) is 5.03. The van der Waals surface area contributed by atoms with Crippen molar-refractivity contribution in [1.29, 1.82) is 0 Å². The molecular weight excluding hydrogens is 274 g/mol. The van der Waals surface area contributed by atoms with Gasteiger partial charge in [-0.15, -0.1) is 0 Å². The second kappa shape index (κ2) is 6.97. The van der Waals surface area contributed by atoms with Gasteiger partial charge in [-0.05, 0) is 25.5 Å². The lowest BCUT2D eigenvalue weighted by Gasteiger charge is -2.21. The first kappa shape index (κ1) is 15.2. The zero-order chi connectivity index (χ0) is 15.2. The Balaban J connectivity index is 1.92. The highest BCUT2D eigenvalue weighted by atomic mass is 16.5. The zero-order valence-electron chi connectivity index (χ0n) is 11.9. The summed E-state index contributed by atoms with van der Waals surface area (Å²) < 4.78 is 11.1. The number of hydrogen-bond acceptors (Lipinski definition) is 4. The van der Waals surface area contributed by atoms with E-state index < -0.39 is 12.0 Å². The molecule has 1 aromatic carbocycles. The van der Waals surface area contributed by atoms with Crippen molar-refractivity contribution < 1.29 is 24.2 Å². The number of hydrogen-bond donors (Lipinski definition) is 1. The second-order valence-corrected chi connectivity index (χ2v) is 4.71. The molecule has 114 valence electrons. The minimum atomic E-state index is -0.962. The molecule has 1 fully saturated rings. The number of benzene rings is 1. The molecule has 0 aromatic heterocycles. The largest absolute Gasteiger partial charge is 0.490 e. The summed E-state index contributed by atoms with van der Waals surface area (Å²) >= 11 is 0. The van der Waals surface area contributed by atoms with Gasteiger partial charge in [0.05, 0.1) is 13.2 Å². The van der Waals surface area contributed by atoms with Gasteiger partial charge in [-0.25, -0.2) is 4.79 Å². The van der Waals surface area contributed by atoms with E-state index in [0.717, 1.165) is 0 Å². The van der Waals surface area contributed by atoms with Crippen LogP contribution < -0.4 is 9.47 Å². The first-order chi connectivity index (χ1) is 10.1. The van der Waals surface area contributed by atoms with E-state index >= 15 is 0 Å². The highest BCUT2D eigenvalue weighted by Gasteiger charge is 2.35. The molecule has 6 nitrogen and oxygen atoms in total. The Morgan fingerprint density at radius 1 is 1.33 bits per heavy atom. The molecule has 1 aromatic rings. The van der Waals surface area contributed by atoms with E-state index in [1.165, 1.54) is 4.90 Å². The highest BCUT2D eigenvalue weighted by Crippen LogP contribution is 2.26. The van der Waals surface area contributed by atoms with Crippen molar-refractivity contribution in [3.05, 3.63) is 24.3 Å². The second-order valence-electron chi connectivity index (χ2n) is 4.71. The Morgan fingerprint density at radius 2 is 2.00 bits per heavy atom. The van der Waals surface area contributed by atoms with Gasteiger partial charge in [0.1, 0.15) is 12.6 Å². The van der Waals surface area contributed by atoms with Gasteiger partial charge in [-0.1, -0.05) is 12.1 Å². The minimum absolute atomic E-state index is 0.135. The minimum Gasteiger partial charge on any atom is -0.490 e. The summed E-state index contributed by atoms with van der Waals surface area (Å²) in [5.41, 5.74) is 0. The third-order valence-corrected chi connectivity index (χ3v) is 3.35. The normalized spacial score (nSPS) is 17.9. The SMILES string of the molecule is CCOc1ccccc1OCCN1C(=O)CCC1C(=O)O. The molecule has 1 atom stereocenters. The van der Waals surface area contributed by atoms with Gasteiger partial charge in [-0.3, -0.25) is 4.79 Å². The summed E-state index contributed by atoms with van der Waals surface area (Å²) in [6.07, 6.45) is 0.649. The Labute approximate surface area is 123 Å². The van der Waals surface area contributed by atoms with Gasteiger partial charge in [-0.2, -0.15) is 0 Å². The van der Waals surface area contributed by atoms with Crippen molar-refractivity contribution >= 4 is 11.9 Å². The van der Waals surface area contributed by atoms with Crippen LogP contribution in [0.2, 0.25) is 0 Å². The first-order valence-electron chi connectivity index (χ1n) is 7.00. The summed E-state index contributed by atoms with van der Waals surface area (Å²) in [4.78, 5) is 24.1. The van der Waals surface area contributed by atoms with E-state index in [-0.39, 0.29) is 25.5 Å². The molecule has 1 unspecified atom stereocenters. The average Bonchev–Trinajstić information content (AvgIpc) is 2.83. The number of ether oxygens (including phenoxy) is 2. The van der Waals surface area contributed by atoms with Gasteiger partial charge < -0.3 is 19.5 Å². The number of amides is 1. The van der Waals surface area contributed by atoms with Crippen LogP contribution in [0.25, 0.3) is 0 Å². The molecule has 1 heterocycles. The number of nitrogens with zero attached hydrogens (tertiary/aromatic N) is 1. The summed E-state index contributed by atoms with van der Waals surface area (Å²) in [5, 5.41) is 9.08. The van der Waals surface area contributed by atoms with Crippen molar-refractivity contribution in [2.75, 3.05) is 19.8 Å². The number of carbonyl (C=O) groups is 2. The van der Waals surface area contributed by atoms with Crippen molar-refractivity contribution in [2.45, 2.75) is 25.8 Å². The van der Waals surface area contributed by atoms with Crippen LogP contribution in [-0.2, 0) is 9.59 Å². The topological polar surface area (TPSA) is 76.1 Å². The summed E-state index contributed by atoms with van der Waals surface area (Å²) in [7, 11) is 0. The third kappa shape index (κ3) is 3.65. The molecule has 1 amide bonds. The number of carboxylic acid groups (broad SMARTS) is 1. The standard InChI is InChI=1S/C15H19NO5/c1-2-20-12-5-3-4-6-13(12)21-10-9-16-11(15(18)19)7-8-14(16)17/h3-6,11H,2,7-10H2,1H3,(H,18,19). The fourth-order valence-electron chi connectivity index (χ4n) is 2.37. The van der Waals surface area contributed by atoms with Crippen LogP contribution in [-0.4, -0.2) is 47.7 Å². The lowest BCUT2D eigenvalue weighted by atomic mass is 10.2. The number of para-hydroxylation sites is 2. The molecule has 21 heavy (non-hydrogen) atoms. The van der Waals surface area contributed by atoms with Gasteiger partial charge in [0.25, 0.3) is 0 Å². The van der Waals surface area contributed by atoms with Crippen LogP contribution in [0, 0.1) is 0 Å². The van der Waals surface area contributed by atoms with Crippen LogP contribution in [0.4, 0.5) is 0 Å². The zero-order valence-corrected chi connectivity index (χ0v) is 11.9. The molecule has 0 spiro atoms. The molecule has 2 rings (SSSR count). The first-order valence-corrected chi connectivity index (χ1v) is 7.00. The molecular formula is C15H19NO5. The van der Waals surface area contributed by atoms with Crippen LogP contribution >= 0.6 is 0 Å². The Morgan fingerprint density at radius 3 is 2.62 bits per heavy atom. The molecule has 1 N–H and O–H groups in total. The fraction of sp³-hybridized carbons (Fsp3) is 0.467. The Hall–Kier alpha value is -2.24. The molecule has 0 radical (unpaired) electrons. The highest BCUT2D eigenvalue weighted by molar-refractivity contribution is 5.87. The Bertz CT molecular complexity index is 517. The van der Waals surface area contributed by atoms with Crippen LogP contribution in [0.15, 0.2) is 24.3 Å². The predicted molar refractivity (Wildman–Crippen MR) is 75.5 cm³/mol. The molecule has 0 saturated carbocycles. The molecule has 1 aliphatic heterocycles. The molecule has 1 aliphatic rings. The van der Waals surface area contributed by atoms with Gasteiger partial charge in [0.15, 0.2) is 11.5 Å². The molecule has 6 heteroatoms. The third-order valence-electron chi connectivity index (χ3n) is 3.35. The smallest absolute Gasteiger partial charge is 0.326 e. The van der Waals surface area contributed by atoms with E-state index in [2.05, 4.69) is 0 Å². The fourth-order valence-corrected chi connectivity index (χ4v) is 2.37. The van der Waals surface area contributed by atoms with Crippen molar-refractivity contribution in [3.8, 4) is 11.5 Å². The number of carbonyl (C=O) groups excluding carboxylic acids is 1. The van der Waals surface area contributed by atoms with Crippen molar-refractivity contribution in [2.24, 2.45) is 0 Å². The van der Waals surface area contributed by atoms with Gasteiger partial charge in [0, 0.05) is 6.42 Å². The summed E-state index contributed by atoms with van der Waals surface area (Å²) in [6, 6.07) is 6.54. The number of aliphatic carboxylic acids is 1. The number of carboxylic acids is 1. The lowest BCUT2D eigenvalue weighted by molar-refractivity contribution is -0.146. The maximum Gasteiger partial charge on any atom is 0.326 e. The number of rotatable bonds is 7. The maximum absolute atomic E-state index is 11.7. The van der Waals surface area contributed by atoms with E-state index in [4.69, 9.17) is 14.6 Å². The van der Waals surface area contributed by atoms with Crippen molar-refractivity contribution in [1.82, 2.24) is 4.90 Å². The molecule has 0 aliphatic carbocycles. The molecule has 0 bridgehead atoms. The molecule has 1 saturated heterocycles. The van der Waals surface area contributed by atoms with Crippen LogP contribution in [0.5, 0.6) is 11.5 Å². The van der Waals surface area contributed by atoms with E-state index in [1.807, 2.05) is 19.1 Å². The van der Waals surface area contributed by atoms with Crippen LogP contribution in [0.1, 0.15) is 19.8 Å². The number of likely N-dealkylation sites (tertiary alicyclic amines) is 1. The maximum atomic E-state index is 11.7. The van der Waals surface area contributed by atoms with Crippen molar-refractivity contribution in [3.63, 3.8) is 0 Å². The van der Waals surface area contributed by atoms with E-state index in [1.54, 1.807) is 12.1 Å². The lowest BCUT2D eigenvalue weighted by Crippen LogP contribution is -2.40. The average molecular weight is 293 g/mol. The van der Waals surface area contributed by atoms with Gasteiger partial charge >= 0.3 is 5.97 Å². The monoisotopic (exact) mass is 293 g/mol. The van der Waals surface area contributed by atoms with Gasteiger partial charge in [0.2, 0.25) is 5.91 Å². The van der Waals surface area contributed by atoms with E-state index in [9.17, 15) is 9.59 Å². The summed E-state index contributed by atoms with van der Waals surface area (Å²) in [5.74, 6) is 0.139. The van der Waals surface area contributed by atoms with Crippen LogP contribution in [0.3, 0.4) is 0 Å².